The van der Waals surface area contributed by atoms with Gasteiger partial charge in [0.1, 0.15) is 5.75 Å². The van der Waals surface area contributed by atoms with Crippen molar-refractivity contribution < 1.29 is 14.5 Å². The van der Waals surface area contributed by atoms with E-state index in [0.717, 1.165) is 21.9 Å². The van der Waals surface area contributed by atoms with E-state index in [9.17, 15) is 14.9 Å². The summed E-state index contributed by atoms with van der Waals surface area (Å²) in [4.78, 5) is 27.9. The Balaban J connectivity index is 1.77. The predicted octanol–water partition coefficient (Wildman–Crippen LogP) is 4.29. The summed E-state index contributed by atoms with van der Waals surface area (Å²) < 4.78 is 5.15. The molecule has 1 heterocycles. The van der Waals surface area contributed by atoms with Crippen LogP contribution in [0.1, 0.15) is 15.2 Å². The van der Waals surface area contributed by atoms with E-state index in [1.54, 1.807) is 7.11 Å². The molecule has 26 heavy (non-hydrogen) atoms. The molecule has 0 radical (unpaired) electrons. The van der Waals surface area contributed by atoms with Crippen LogP contribution >= 0.6 is 11.3 Å². The van der Waals surface area contributed by atoms with Gasteiger partial charge in [0.05, 0.1) is 17.7 Å². The molecule has 3 rings (SSSR count). The molecule has 2 aromatic carbocycles. The molecule has 1 N–H and O–H groups in total. The highest BCUT2D eigenvalue weighted by Crippen LogP contribution is 2.31. The number of ether oxygens (including phenoxy) is 1. The molecule has 8 heteroatoms. The third-order valence-electron chi connectivity index (χ3n) is 3.72. The number of amides is 1. The monoisotopic (exact) mass is 369 g/mol. The molecule has 0 spiro atoms. The van der Waals surface area contributed by atoms with Crippen molar-refractivity contribution in [3.8, 4) is 17.0 Å². The number of methoxy groups -OCH3 is 1. The number of carbonyl (C=O) groups is 1. The lowest BCUT2D eigenvalue weighted by Crippen LogP contribution is -2.11. The van der Waals surface area contributed by atoms with Crippen LogP contribution in [-0.2, 0) is 0 Å². The highest BCUT2D eigenvalue weighted by molar-refractivity contribution is 7.16. The first-order chi connectivity index (χ1) is 12.5. The van der Waals surface area contributed by atoms with Crippen LogP contribution in [0, 0.1) is 17.0 Å². The molecule has 0 aliphatic carbocycles. The highest BCUT2D eigenvalue weighted by Gasteiger charge is 2.14. The number of nitro benzene ring substituents is 1. The summed E-state index contributed by atoms with van der Waals surface area (Å²) in [6.45, 7) is 1.93. The molecule has 1 amide bonds. The second-order valence-electron chi connectivity index (χ2n) is 5.41. The summed E-state index contributed by atoms with van der Waals surface area (Å²) in [5, 5.41) is 13.9. The molecule has 0 saturated carbocycles. The summed E-state index contributed by atoms with van der Waals surface area (Å²) in [6, 6.07) is 12.9. The van der Waals surface area contributed by atoms with E-state index >= 15 is 0 Å². The lowest BCUT2D eigenvalue weighted by atomic mass is 10.1. The number of hydrogen-bond donors (Lipinski definition) is 1. The minimum Gasteiger partial charge on any atom is -0.497 e. The first-order valence-corrected chi connectivity index (χ1v) is 8.47. The summed E-state index contributed by atoms with van der Waals surface area (Å²) in [6.07, 6.45) is 0. The molecule has 7 nitrogen and oxygen atoms in total. The SMILES string of the molecule is COc1ccc(-c2nc(NC(=O)c3ccc([N+](=O)[O-])cc3)sc2C)cc1. The lowest BCUT2D eigenvalue weighted by molar-refractivity contribution is -0.384. The standard InChI is InChI=1S/C18H15N3O4S/c1-11-16(12-5-9-15(25-2)10-6-12)19-18(26-11)20-17(22)13-3-7-14(8-4-13)21(23)24/h3-10H,1-2H3,(H,19,20,22). The molecule has 0 aliphatic rings. The third kappa shape index (κ3) is 3.70. The zero-order chi connectivity index (χ0) is 18.7. The number of nitro groups is 1. The number of benzene rings is 2. The van der Waals surface area contributed by atoms with Crippen LogP contribution in [0.15, 0.2) is 48.5 Å². The van der Waals surface area contributed by atoms with Gasteiger partial charge >= 0.3 is 0 Å². The van der Waals surface area contributed by atoms with Crippen molar-refractivity contribution in [1.82, 2.24) is 4.98 Å². The average Bonchev–Trinajstić information content (AvgIpc) is 3.02. The fraction of sp³-hybridized carbons (Fsp3) is 0.111. The largest absolute Gasteiger partial charge is 0.497 e. The van der Waals surface area contributed by atoms with Crippen LogP contribution in [0.5, 0.6) is 5.75 Å². The van der Waals surface area contributed by atoms with Crippen LogP contribution < -0.4 is 10.1 Å². The topological polar surface area (TPSA) is 94.4 Å². The summed E-state index contributed by atoms with van der Waals surface area (Å²) in [5.74, 6) is 0.392. The normalized spacial score (nSPS) is 10.4. The molecule has 0 atom stereocenters. The van der Waals surface area contributed by atoms with Gasteiger partial charge in [-0.05, 0) is 43.3 Å². The van der Waals surface area contributed by atoms with Gasteiger partial charge in [-0.3, -0.25) is 20.2 Å². The fourth-order valence-electron chi connectivity index (χ4n) is 2.37. The number of aryl methyl sites for hydroxylation is 1. The van der Waals surface area contributed by atoms with E-state index in [1.807, 2.05) is 31.2 Å². The molecule has 0 unspecified atom stereocenters. The van der Waals surface area contributed by atoms with Crippen LogP contribution in [0.4, 0.5) is 10.8 Å². The minimum absolute atomic E-state index is 0.0616. The van der Waals surface area contributed by atoms with Crippen LogP contribution in [-0.4, -0.2) is 22.9 Å². The van der Waals surface area contributed by atoms with Gasteiger partial charge < -0.3 is 4.74 Å². The maximum Gasteiger partial charge on any atom is 0.269 e. The zero-order valence-electron chi connectivity index (χ0n) is 14.1. The van der Waals surface area contributed by atoms with Crippen molar-refractivity contribution in [1.29, 1.82) is 0 Å². The predicted molar refractivity (Wildman–Crippen MR) is 99.9 cm³/mol. The smallest absolute Gasteiger partial charge is 0.269 e. The Labute approximate surface area is 153 Å². The quantitative estimate of drug-likeness (QED) is 0.535. The van der Waals surface area contributed by atoms with Crippen LogP contribution in [0.3, 0.4) is 0 Å². The Kier molecular flexibility index (Phi) is 4.94. The van der Waals surface area contributed by atoms with Crippen molar-refractivity contribution in [2.75, 3.05) is 12.4 Å². The van der Waals surface area contributed by atoms with Gasteiger partial charge in [-0.25, -0.2) is 4.98 Å². The average molecular weight is 369 g/mol. The Morgan fingerprint density at radius 3 is 2.38 bits per heavy atom. The number of thiazole rings is 1. The second kappa shape index (κ2) is 7.32. The number of nitrogens with zero attached hydrogens (tertiary/aromatic N) is 2. The molecule has 1 aromatic heterocycles. The number of rotatable bonds is 5. The first-order valence-electron chi connectivity index (χ1n) is 7.65. The molecule has 0 bridgehead atoms. The van der Waals surface area contributed by atoms with Gasteiger partial charge in [0.15, 0.2) is 5.13 Å². The van der Waals surface area contributed by atoms with E-state index in [-0.39, 0.29) is 11.6 Å². The van der Waals surface area contributed by atoms with Crippen molar-refractivity contribution in [2.24, 2.45) is 0 Å². The molecule has 132 valence electrons. The van der Waals surface area contributed by atoms with Crippen LogP contribution in [0.25, 0.3) is 11.3 Å². The number of hydrogen-bond acceptors (Lipinski definition) is 6. The van der Waals surface area contributed by atoms with Gasteiger partial charge in [0.2, 0.25) is 0 Å². The number of carbonyl (C=O) groups excluding carboxylic acids is 1. The molecular formula is C18H15N3O4S. The van der Waals surface area contributed by atoms with Gasteiger partial charge in [0, 0.05) is 28.1 Å². The van der Waals surface area contributed by atoms with Crippen molar-refractivity contribution in [2.45, 2.75) is 6.92 Å². The Morgan fingerprint density at radius 2 is 1.81 bits per heavy atom. The lowest BCUT2D eigenvalue weighted by Gasteiger charge is -2.02. The number of non-ortho nitro benzene ring substituents is 1. The summed E-state index contributed by atoms with van der Waals surface area (Å²) in [7, 11) is 1.61. The van der Waals surface area contributed by atoms with E-state index in [1.165, 1.54) is 35.6 Å². The third-order valence-corrected chi connectivity index (χ3v) is 4.61. The van der Waals surface area contributed by atoms with E-state index in [2.05, 4.69) is 10.3 Å². The van der Waals surface area contributed by atoms with E-state index < -0.39 is 4.92 Å². The minimum atomic E-state index is -0.507. The number of aromatic nitrogens is 1. The number of anilines is 1. The van der Waals surface area contributed by atoms with Gasteiger partial charge in [-0.15, -0.1) is 11.3 Å². The van der Waals surface area contributed by atoms with Gasteiger partial charge in [-0.1, -0.05) is 0 Å². The molecule has 0 saturated heterocycles. The molecule has 0 fully saturated rings. The van der Waals surface area contributed by atoms with Gasteiger partial charge in [-0.2, -0.15) is 0 Å². The summed E-state index contributed by atoms with van der Waals surface area (Å²) in [5.41, 5.74) is 1.98. The second-order valence-corrected chi connectivity index (χ2v) is 6.61. The Hall–Kier alpha value is -3.26. The fourth-order valence-corrected chi connectivity index (χ4v) is 3.20. The van der Waals surface area contributed by atoms with Crippen molar-refractivity contribution >= 4 is 28.1 Å². The highest BCUT2D eigenvalue weighted by atomic mass is 32.1. The molecule has 0 aliphatic heterocycles. The molecular weight excluding hydrogens is 354 g/mol. The van der Waals surface area contributed by atoms with Crippen molar-refractivity contribution in [3.63, 3.8) is 0 Å². The van der Waals surface area contributed by atoms with Gasteiger partial charge in [0.25, 0.3) is 11.6 Å². The van der Waals surface area contributed by atoms with E-state index in [4.69, 9.17) is 4.74 Å². The Morgan fingerprint density at radius 1 is 1.15 bits per heavy atom. The van der Waals surface area contributed by atoms with E-state index in [0.29, 0.717) is 10.7 Å². The zero-order valence-corrected chi connectivity index (χ0v) is 14.9. The maximum absolute atomic E-state index is 12.3. The summed E-state index contributed by atoms with van der Waals surface area (Å²) >= 11 is 1.37. The van der Waals surface area contributed by atoms with Crippen LogP contribution in [0.2, 0.25) is 0 Å². The molecule has 3 aromatic rings. The van der Waals surface area contributed by atoms with Crippen molar-refractivity contribution in [3.05, 3.63) is 69.1 Å². The number of nitrogens with one attached hydrogen (secondary N) is 1. The maximum atomic E-state index is 12.3. The Bertz CT molecular complexity index is 950. The first kappa shape index (κ1) is 17.6.